The van der Waals surface area contributed by atoms with Gasteiger partial charge in [0, 0.05) is 6.04 Å². The third-order valence-corrected chi connectivity index (χ3v) is 4.73. The second kappa shape index (κ2) is 9.48. The minimum atomic E-state index is -1.11. The van der Waals surface area contributed by atoms with Crippen molar-refractivity contribution in [2.45, 2.75) is 59.0 Å². The summed E-state index contributed by atoms with van der Waals surface area (Å²) in [5.41, 5.74) is 0.528. The fourth-order valence-electron chi connectivity index (χ4n) is 3.14. The van der Waals surface area contributed by atoms with Crippen molar-refractivity contribution in [3.05, 3.63) is 35.4 Å². The summed E-state index contributed by atoms with van der Waals surface area (Å²) < 4.78 is 5.02. The van der Waals surface area contributed by atoms with Crippen LogP contribution in [0.2, 0.25) is 0 Å². The van der Waals surface area contributed by atoms with Crippen LogP contribution in [0.25, 0.3) is 0 Å². The van der Waals surface area contributed by atoms with E-state index in [4.69, 9.17) is 4.74 Å². The number of amides is 3. The summed E-state index contributed by atoms with van der Waals surface area (Å²) in [7, 11) is 0. The van der Waals surface area contributed by atoms with E-state index in [1.54, 1.807) is 24.3 Å². The van der Waals surface area contributed by atoms with Crippen LogP contribution in [0.4, 0.5) is 0 Å². The highest BCUT2D eigenvalue weighted by molar-refractivity contribution is 6.22. The number of ether oxygens (including phenoxy) is 1. The SMILES string of the molecule is CC(C)CCC[C@@H](C)NC(=O)COC(=O)[C@@H](C)N1C(=O)c2ccccc2C1=O. The second-order valence-electron chi connectivity index (χ2n) is 7.60. The van der Waals surface area contributed by atoms with Gasteiger partial charge in [0.15, 0.2) is 6.61 Å². The van der Waals surface area contributed by atoms with Crippen LogP contribution in [0.3, 0.4) is 0 Å². The molecular formula is C21H28N2O5. The van der Waals surface area contributed by atoms with Crippen molar-refractivity contribution >= 4 is 23.7 Å². The van der Waals surface area contributed by atoms with Gasteiger partial charge in [-0.3, -0.25) is 19.3 Å². The number of imide groups is 1. The fourth-order valence-corrected chi connectivity index (χ4v) is 3.14. The molecule has 28 heavy (non-hydrogen) atoms. The molecule has 2 rings (SSSR count). The Hall–Kier alpha value is -2.70. The Kier molecular flexibility index (Phi) is 7.31. The number of benzene rings is 1. The van der Waals surface area contributed by atoms with Gasteiger partial charge >= 0.3 is 5.97 Å². The lowest BCUT2D eigenvalue weighted by Crippen LogP contribution is -2.45. The molecule has 0 saturated heterocycles. The number of carbonyl (C=O) groups excluding carboxylic acids is 4. The maximum absolute atomic E-state index is 12.4. The monoisotopic (exact) mass is 388 g/mol. The molecule has 1 aromatic carbocycles. The lowest BCUT2D eigenvalue weighted by Gasteiger charge is -2.21. The third kappa shape index (κ3) is 5.18. The van der Waals surface area contributed by atoms with Crippen molar-refractivity contribution in [2.75, 3.05) is 6.61 Å². The topological polar surface area (TPSA) is 92.8 Å². The van der Waals surface area contributed by atoms with Crippen molar-refractivity contribution in [1.82, 2.24) is 10.2 Å². The van der Waals surface area contributed by atoms with E-state index in [1.807, 2.05) is 6.92 Å². The summed E-state index contributed by atoms with van der Waals surface area (Å²) in [5, 5.41) is 2.79. The first-order chi connectivity index (χ1) is 13.2. The summed E-state index contributed by atoms with van der Waals surface area (Å²) in [4.78, 5) is 49.9. The molecule has 0 aliphatic carbocycles. The minimum Gasteiger partial charge on any atom is -0.454 e. The van der Waals surface area contributed by atoms with E-state index in [0.29, 0.717) is 5.92 Å². The molecule has 0 aromatic heterocycles. The molecule has 3 amide bonds. The molecule has 1 aromatic rings. The van der Waals surface area contributed by atoms with Crippen LogP contribution in [0.1, 0.15) is 67.7 Å². The number of esters is 1. The van der Waals surface area contributed by atoms with Gasteiger partial charge in [0.25, 0.3) is 17.7 Å². The summed E-state index contributed by atoms with van der Waals surface area (Å²) in [6.45, 7) is 7.18. The van der Waals surface area contributed by atoms with E-state index < -0.39 is 36.3 Å². The van der Waals surface area contributed by atoms with E-state index in [-0.39, 0.29) is 17.2 Å². The predicted octanol–water partition coefficient (Wildman–Crippen LogP) is 2.55. The van der Waals surface area contributed by atoms with Gasteiger partial charge in [-0.1, -0.05) is 38.8 Å². The summed E-state index contributed by atoms with van der Waals surface area (Å²) in [5.74, 6) is -1.65. The minimum absolute atomic E-state index is 0.0152. The number of carbonyl (C=O) groups is 4. The number of fused-ring (bicyclic) bond motifs is 1. The molecule has 0 radical (unpaired) electrons. The summed E-state index contributed by atoms with van der Waals surface area (Å²) >= 11 is 0. The molecule has 1 aliphatic heterocycles. The predicted molar refractivity (Wildman–Crippen MR) is 104 cm³/mol. The molecule has 0 bridgehead atoms. The number of hydrogen-bond acceptors (Lipinski definition) is 5. The second-order valence-corrected chi connectivity index (χ2v) is 7.60. The normalized spacial score (nSPS) is 15.4. The standard InChI is InChI=1S/C21H28N2O5/c1-13(2)8-7-9-14(3)22-18(24)12-28-21(27)15(4)23-19(25)16-10-5-6-11-17(16)20(23)26/h5-6,10-11,13-15H,7-9,12H2,1-4H3,(H,22,24)/t14-,15-/m1/s1. The molecule has 0 unspecified atom stereocenters. The van der Waals surface area contributed by atoms with E-state index in [0.717, 1.165) is 24.2 Å². The third-order valence-electron chi connectivity index (χ3n) is 4.73. The molecule has 0 saturated carbocycles. The van der Waals surface area contributed by atoms with Gasteiger partial charge in [-0.25, -0.2) is 4.79 Å². The molecule has 2 atom stereocenters. The highest BCUT2D eigenvalue weighted by atomic mass is 16.5. The average Bonchev–Trinajstić information content (AvgIpc) is 2.90. The Morgan fingerprint density at radius 3 is 2.11 bits per heavy atom. The highest BCUT2D eigenvalue weighted by Gasteiger charge is 2.41. The van der Waals surface area contributed by atoms with E-state index >= 15 is 0 Å². The Bertz CT molecular complexity index is 724. The van der Waals surface area contributed by atoms with Crippen LogP contribution in [-0.4, -0.2) is 47.3 Å². The van der Waals surface area contributed by atoms with Crippen LogP contribution in [0.5, 0.6) is 0 Å². The lowest BCUT2D eigenvalue weighted by atomic mass is 10.0. The molecular weight excluding hydrogens is 360 g/mol. The van der Waals surface area contributed by atoms with Gasteiger partial charge in [0.05, 0.1) is 11.1 Å². The summed E-state index contributed by atoms with van der Waals surface area (Å²) in [6, 6.07) is 5.28. The quantitative estimate of drug-likeness (QED) is 0.518. The number of rotatable bonds is 9. The Labute approximate surface area is 165 Å². The van der Waals surface area contributed by atoms with Crippen molar-refractivity contribution in [1.29, 1.82) is 0 Å². The zero-order chi connectivity index (χ0) is 20.8. The number of nitrogens with zero attached hydrogens (tertiary/aromatic N) is 1. The number of nitrogens with one attached hydrogen (secondary N) is 1. The largest absolute Gasteiger partial charge is 0.454 e. The van der Waals surface area contributed by atoms with Gasteiger partial charge in [-0.15, -0.1) is 0 Å². The van der Waals surface area contributed by atoms with Crippen molar-refractivity contribution in [3.8, 4) is 0 Å². The van der Waals surface area contributed by atoms with Gasteiger partial charge in [0.2, 0.25) is 0 Å². The van der Waals surface area contributed by atoms with Crippen LogP contribution >= 0.6 is 0 Å². The molecule has 7 nitrogen and oxygen atoms in total. The Morgan fingerprint density at radius 2 is 1.57 bits per heavy atom. The molecule has 152 valence electrons. The summed E-state index contributed by atoms with van der Waals surface area (Å²) in [6.07, 6.45) is 2.95. The van der Waals surface area contributed by atoms with Crippen LogP contribution in [0, 0.1) is 5.92 Å². The van der Waals surface area contributed by atoms with Crippen molar-refractivity contribution < 1.29 is 23.9 Å². The van der Waals surface area contributed by atoms with E-state index in [9.17, 15) is 19.2 Å². The van der Waals surface area contributed by atoms with Crippen LogP contribution in [-0.2, 0) is 14.3 Å². The maximum Gasteiger partial charge on any atom is 0.329 e. The zero-order valence-electron chi connectivity index (χ0n) is 16.9. The molecule has 7 heteroatoms. The molecule has 1 aliphatic rings. The smallest absolute Gasteiger partial charge is 0.329 e. The fraction of sp³-hybridized carbons (Fsp3) is 0.524. The first-order valence-electron chi connectivity index (χ1n) is 9.65. The maximum atomic E-state index is 12.4. The molecule has 1 N–H and O–H groups in total. The highest BCUT2D eigenvalue weighted by Crippen LogP contribution is 2.24. The van der Waals surface area contributed by atoms with E-state index in [2.05, 4.69) is 19.2 Å². The lowest BCUT2D eigenvalue weighted by molar-refractivity contribution is -0.152. The zero-order valence-corrected chi connectivity index (χ0v) is 16.9. The van der Waals surface area contributed by atoms with Gasteiger partial charge in [0.1, 0.15) is 6.04 Å². The molecule has 1 heterocycles. The van der Waals surface area contributed by atoms with Crippen LogP contribution in [0.15, 0.2) is 24.3 Å². The Morgan fingerprint density at radius 1 is 1.00 bits per heavy atom. The average molecular weight is 388 g/mol. The van der Waals surface area contributed by atoms with Crippen molar-refractivity contribution in [3.63, 3.8) is 0 Å². The van der Waals surface area contributed by atoms with Gasteiger partial charge in [-0.2, -0.15) is 0 Å². The van der Waals surface area contributed by atoms with Gasteiger partial charge < -0.3 is 10.1 Å². The first-order valence-corrected chi connectivity index (χ1v) is 9.65. The number of hydrogen-bond donors (Lipinski definition) is 1. The van der Waals surface area contributed by atoms with E-state index in [1.165, 1.54) is 6.92 Å². The Balaban J connectivity index is 1.82. The van der Waals surface area contributed by atoms with Gasteiger partial charge in [-0.05, 0) is 38.3 Å². The van der Waals surface area contributed by atoms with Crippen LogP contribution < -0.4 is 5.32 Å². The molecule has 0 spiro atoms. The van der Waals surface area contributed by atoms with Crippen molar-refractivity contribution in [2.24, 2.45) is 5.92 Å². The first kappa shape index (κ1) is 21.6. The molecule has 0 fully saturated rings.